The first-order valence-electron chi connectivity index (χ1n) is 9.83. The smallest absolute Gasteiger partial charge is 0.282 e. The van der Waals surface area contributed by atoms with Gasteiger partial charge in [-0.05, 0) is 37.2 Å². The number of benzene rings is 1. The van der Waals surface area contributed by atoms with E-state index in [-0.39, 0.29) is 29.6 Å². The molecule has 3 unspecified atom stereocenters. The first-order valence-corrected chi connectivity index (χ1v) is 9.83. The molecule has 0 aromatic heterocycles. The van der Waals surface area contributed by atoms with Crippen LogP contribution >= 0.6 is 0 Å². The highest BCUT2D eigenvalue weighted by molar-refractivity contribution is 6.24. The van der Waals surface area contributed by atoms with E-state index in [0.29, 0.717) is 18.4 Å². The lowest BCUT2D eigenvalue weighted by atomic mass is 9.72. The highest BCUT2D eigenvalue weighted by atomic mass is 16.6. The van der Waals surface area contributed by atoms with Crippen LogP contribution in [0.3, 0.4) is 0 Å². The molecule has 2 aliphatic heterocycles. The zero-order valence-electron chi connectivity index (χ0n) is 15.8. The molecule has 1 aromatic rings. The number of imide groups is 1. The molecule has 4 rings (SSSR count). The maximum atomic E-state index is 13.0. The number of likely N-dealkylation sites (tertiary alicyclic amines) is 1. The molecule has 1 saturated carbocycles. The molecule has 2 fully saturated rings. The van der Waals surface area contributed by atoms with Crippen LogP contribution in [-0.2, 0) is 4.79 Å². The van der Waals surface area contributed by atoms with E-state index in [4.69, 9.17) is 0 Å². The van der Waals surface area contributed by atoms with E-state index in [0.717, 1.165) is 30.6 Å². The Morgan fingerprint density at radius 2 is 1.93 bits per heavy atom. The number of rotatable bonds is 3. The Morgan fingerprint density at radius 3 is 2.68 bits per heavy atom. The van der Waals surface area contributed by atoms with Crippen molar-refractivity contribution in [1.29, 1.82) is 0 Å². The molecule has 1 saturated heterocycles. The molecule has 0 N–H and O–H groups in total. The number of nitro benzene ring substituents is 1. The molecule has 0 radical (unpaired) electrons. The third kappa shape index (κ3) is 2.87. The molecule has 3 amide bonds. The summed E-state index contributed by atoms with van der Waals surface area (Å²) in [4.78, 5) is 51.6. The molecule has 28 heavy (non-hydrogen) atoms. The fourth-order valence-corrected chi connectivity index (χ4v) is 5.06. The Hall–Kier alpha value is -2.77. The molecular formula is C20H23N3O5. The van der Waals surface area contributed by atoms with Crippen molar-refractivity contribution in [1.82, 2.24) is 9.80 Å². The SMILES string of the molecule is CC1CCN(C(=O)CN2C(=O)c3cccc([N+](=O)[O-])c3C2=O)C2CCCCC12. The van der Waals surface area contributed by atoms with Crippen molar-refractivity contribution < 1.29 is 19.3 Å². The van der Waals surface area contributed by atoms with Gasteiger partial charge in [-0.15, -0.1) is 0 Å². The Balaban J connectivity index is 1.55. The fourth-order valence-electron chi connectivity index (χ4n) is 5.06. The number of hydrogen-bond acceptors (Lipinski definition) is 5. The van der Waals surface area contributed by atoms with Crippen LogP contribution < -0.4 is 0 Å². The van der Waals surface area contributed by atoms with Gasteiger partial charge in [-0.2, -0.15) is 0 Å². The predicted molar refractivity (Wildman–Crippen MR) is 99.7 cm³/mol. The van der Waals surface area contributed by atoms with Crippen LogP contribution in [0.5, 0.6) is 0 Å². The molecular weight excluding hydrogens is 362 g/mol. The lowest BCUT2D eigenvalue weighted by molar-refractivity contribution is -0.385. The van der Waals surface area contributed by atoms with Gasteiger partial charge in [0, 0.05) is 18.7 Å². The lowest BCUT2D eigenvalue weighted by Crippen LogP contribution is -2.55. The summed E-state index contributed by atoms with van der Waals surface area (Å²) in [5, 5.41) is 11.2. The molecule has 1 aromatic carbocycles. The largest absolute Gasteiger partial charge is 0.338 e. The van der Waals surface area contributed by atoms with Gasteiger partial charge in [0.25, 0.3) is 17.5 Å². The molecule has 3 atom stereocenters. The van der Waals surface area contributed by atoms with Gasteiger partial charge in [0.05, 0.1) is 10.5 Å². The number of nitro groups is 1. The first kappa shape index (κ1) is 18.6. The number of fused-ring (bicyclic) bond motifs is 2. The topological polar surface area (TPSA) is 101 Å². The first-order chi connectivity index (χ1) is 13.4. The lowest BCUT2D eigenvalue weighted by Gasteiger charge is -2.47. The minimum atomic E-state index is -0.758. The Morgan fingerprint density at radius 1 is 1.18 bits per heavy atom. The maximum absolute atomic E-state index is 13.0. The second kappa shape index (κ2) is 7.00. The van der Waals surface area contributed by atoms with Gasteiger partial charge in [-0.3, -0.25) is 29.4 Å². The van der Waals surface area contributed by atoms with Crippen molar-refractivity contribution in [3.63, 3.8) is 0 Å². The normalized spacial score (nSPS) is 26.8. The van der Waals surface area contributed by atoms with Crippen LogP contribution in [0.25, 0.3) is 0 Å². The van der Waals surface area contributed by atoms with Gasteiger partial charge in [0.2, 0.25) is 5.91 Å². The second-order valence-corrected chi connectivity index (χ2v) is 8.02. The molecule has 8 nitrogen and oxygen atoms in total. The summed E-state index contributed by atoms with van der Waals surface area (Å²) in [6, 6.07) is 4.14. The van der Waals surface area contributed by atoms with Gasteiger partial charge in [0.15, 0.2) is 0 Å². The van der Waals surface area contributed by atoms with E-state index in [9.17, 15) is 24.5 Å². The quantitative estimate of drug-likeness (QED) is 0.452. The van der Waals surface area contributed by atoms with Crippen LogP contribution in [0.1, 0.15) is 59.7 Å². The van der Waals surface area contributed by atoms with E-state index in [1.165, 1.54) is 24.6 Å². The molecule has 2 heterocycles. The summed E-state index contributed by atoms with van der Waals surface area (Å²) in [5.74, 6) is -0.610. The number of carbonyl (C=O) groups excluding carboxylic acids is 3. The Kier molecular flexibility index (Phi) is 4.64. The number of piperidine rings is 1. The minimum absolute atomic E-state index is 0.00481. The van der Waals surface area contributed by atoms with Crippen molar-refractivity contribution in [2.75, 3.05) is 13.1 Å². The number of carbonyl (C=O) groups is 3. The minimum Gasteiger partial charge on any atom is -0.338 e. The Bertz CT molecular complexity index is 867. The van der Waals surface area contributed by atoms with Crippen LogP contribution in [0.4, 0.5) is 5.69 Å². The third-order valence-corrected chi connectivity index (χ3v) is 6.53. The van der Waals surface area contributed by atoms with E-state index in [1.54, 1.807) is 0 Å². The van der Waals surface area contributed by atoms with E-state index in [2.05, 4.69) is 6.92 Å². The van der Waals surface area contributed by atoms with Crippen molar-refractivity contribution >= 4 is 23.4 Å². The highest BCUT2D eigenvalue weighted by Gasteiger charge is 2.44. The molecule has 148 valence electrons. The average molecular weight is 385 g/mol. The van der Waals surface area contributed by atoms with E-state index < -0.39 is 22.4 Å². The Labute approximate surface area is 162 Å². The van der Waals surface area contributed by atoms with Crippen LogP contribution in [0.2, 0.25) is 0 Å². The second-order valence-electron chi connectivity index (χ2n) is 8.02. The number of nitrogens with zero attached hydrogens (tertiary/aromatic N) is 3. The van der Waals surface area contributed by atoms with Crippen molar-refractivity contribution in [3.05, 3.63) is 39.4 Å². The summed E-state index contributed by atoms with van der Waals surface area (Å²) in [7, 11) is 0. The zero-order valence-corrected chi connectivity index (χ0v) is 15.8. The summed E-state index contributed by atoms with van der Waals surface area (Å²) < 4.78 is 0. The highest BCUT2D eigenvalue weighted by Crippen LogP contribution is 2.39. The van der Waals surface area contributed by atoms with E-state index in [1.807, 2.05) is 4.90 Å². The fraction of sp³-hybridized carbons (Fsp3) is 0.550. The van der Waals surface area contributed by atoms with Crippen molar-refractivity contribution in [2.24, 2.45) is 11.8 Å². The summed E-state index contributed by atoms with van der Waals surface area (Å²) in [6.07, 6.45) is 5.23. The van der Waals surface area contributed by atoms with Crippen molar-refractivity contribution in [2.45, 2.75) is 45.1 Å². The monoisotopic (exact) mass is 385 g/mol. The molecule has 0 bridgehead atoms. The van der Waals surface area contributed by atoms with Gasteiger partial charge in [0.1, 0.15) is 12.1 Å². The standard InChI is InChI=1S/C20H23N3O5/c1-12-9-10-21(15-7-3-2-5-13(12)15)17(24)11-22-19(25)14-6-4-8-16(23(27)28)18(14)20(22)26/h4,6,8,12-13,15H,2-3,5,7,9-11H2,1H3. The molecule has 1 aliphatic carbocycles. The molecule has 8 heteroatoms. The van der Waals surface area contributed by atoms with Gasteiger partial charge in [-0.25, -0.2) is 0 Å². The summed E-state index contributed by atoms with van der Waals surface area (Å²) in [6.45, 7) is 2.50. The van der Waals surface area contributed by atoms with Crippen LogP contribution in [-0.4, -0.2) is 51.6 Å². The predicted octanol–water partition coefficient (Wildman–Crippen LogP) is 2.62. The number of hydrogen-bond donors (Lipinski definition) is 0. The summed E-state index contributed by atoms with van der Waals surface area (Å²) >= 11 is 0. The van der Waals surface area contributed by atoms with Gasteiger partial charge >= 0.3 is 0 Å². The molecule has 0 spiro atoms. The maximum Gasteiger partial charge on any atom is 0.282 e. The summed E-state index contributed by atoms with van der Waals surface area (Å²) in [5.41, 5.74) is -0.618. The van der Waals surface area contributed by atoms with Gasteiger partial charge in [-0.1, -0.05) is 25.8 Å². The van der Waals surface area contributed by atoms with E-state index >= 15 is 0 Å². The van der Waals surface area contributed by atoms with Crippen LogP contribution in [0, 0.1) is 22.0 Å². The zero-order chi connectivity index (χ0) is 20.0. The third-order valence-electron chi connectivity index (χ3n) is 6.53. The van der Waals surface area contributed by atoms with Crippen LogP contribution in [0.15, 0.2) is 18.2 Å². The average Bonchev–Trinajstić information content (AvgIpc) is 2.93. The number of amides is 3. The van der Waals surface area contributed by atoms with Crippen molar-refractivity contribution in [3.8, 4) is 0 Å². The molecule has 3 aliphatic rings. The van der Waals surface area contributed by atoms with Gasteiger partial charge < -0.3 is 4.90 Å².